The van der Waals surface area contributed by atoms with Crippen LogP contribution in [-0.2, 0) is 12.8 Å². The van der Waals surface area contributed by atoms with Crippen molar-refractivity contribution < 1.29 is 0 Å². The minimum Gasteiger partial charge on any atom is -0.0985 e. The lowest BCUT2D eigenvalue weighted by molar-refractivity contribution is 0.575. The van der Waals surface area contributed by atoms with Crippen LogP contribution >= 0.6 is 0 Å². The van der Waals surface area contributed by atoms with Crippen LogP contribution in [0.1, 0.15) is 132 Å². The summed E-state index contributed by atoms with van der Waals surface area (Å²) in [7, 11) is 0. The van der Waals surface area contributed by atoms with Gasteiger partial charge >= 0.3 is 0 Å². The van der Waals surface area contributed by atoms with Crippen LogP contribution in [0.25, 0.3) is 12.2 Å². The number of hydrogen-bond donors (Lipinski definition) is 0. The molecule has 0 heterocycles. The largest absolute Gasteiger partial charge is 0.0985 e. The second-order valence-electron chi connectivity index (χ2n) is 9.99. The van der Waals surface area contributed by atoms with Crippen LogP contribution in [0.3, 0.4) is 0 Å². The molecular weight excluding hydrogens is 420 g/mol. The van der Waals surface area contributed by atoms with Crippen LogP contribution < -0.4 is 0 Å². The molecule has 0 atom stereocenters. The summed E-state index contributed by atoms with van der Waals surface area (Å²) in [6, 6.07) is 17.6. The van der Waals surface area contributed by atoms with Gasteiger partial charge in [0.1, 0.15) is 0 Å². The summed E-state index contributed by atoms with van der Waals surface area (Å²) in [5, 5.41) is 0. The lowest BCUT2D eigenvalue weighted by Crippen LogP contribution is -1.86. The molecule has 35 heavy (non-hydrogen) atoms. The summed E-state index contributed by atoms with van der Waals surface area (Å²) in [6.45, 7) is 12.1. The van der Waals surface area contributed by atoms with E-state index in [0.717, 1.165) is 0 Å². The van der Waals surface area contributed by atoms with E-state index < -0.39 is 0 Å². The number of rotatable bonds is 19. The van der Waals surface area contributed by atoms with Crippen molar-refractivity contribution in [3.63, 3.8) is 0 Å². The molecule has 0 aliphatic heterocycles. The van der Waals surface area contributed by atoms with E-state index in [0.29, 0.717) is 0 Å². The quantitative estimate of drug-likeness (QED) is 0.178. The third-order valence-corrected chi connectivity index (χ3v) is 6.82. The van der Waals surface area contributed by atoms with Crippen molar-refractivity contribution in [2.45, 2.75) is 123 Å². The van der Waals surface area contributed by atoms with E-state index in [4.69, 9.17) is 0 Å². The van der Waals surface area contributed by atoms with E-state index in [9.17, 15) is 0 Å². The van der Waals surface area contributed by atoms with E-state index in [1.165, 1.54) is 131 Å². The lowest BCUT2D eigenvalue weighted by atomic mass is 10.0. The maximum absolute atomic E-state index is 3.78. The Morgan fingerprint density at radius 2 is 0.714 bits per heavy atom. The highest BCUT2D eigenvalue weighted by molar-refractivity contribution is 5.47. The van der Waals surface area contributed by atoms with Crippen LogP contribution in [0.5, 0.6) is 0 Å². The van der Waals surface area contributed by atoms with Gasteiger partial charge in [-0.25, -0.2) is 0 Å². The summed E-state index contributed by atoms with van der Waals surface area (Å²) in [4.78, 5) is 0. The van der Waals surface area contributed by atoms with Gasteiger partial charge in [0.2, 0.25) is 0 Å². The van der Waals surface area contributed by atoms with Gasteiger partial charge in [0.15, 0.2) is 0 Å². The minimum absolute atomic E-state index is 1.22. The Kier molecular flexibility index (Phi) is 19.8. The first-order valence-corrected chi connectivity index (χ1v) is 14.7. The van der Waals surface area contributed by atoms with Gasteiger partial charge in [-0.05, 0) is 47.9 Å². The van der Waals surface area contributed by atoms with Gasteiger partial charge in [0.05, 0.1) is 0 Å². The van der Waals surface area contributed by atoms with Crippen LogP contribution in [0.15, 0.2) is 61.7 Å². The summed E-state index contributed by atoms with van der Waals surface area (Å²) in [6.07, 6.45) is 27.1. The predicted molar refractivity (Wildman–Crippen MR) is 161 cm³/mol. The first-order valence-electron chi connectivity index (χ1n) is 14.7. The molecule has 0 spiro atoms. The van der Waals surface area contributed by atoms with E-state index >= 15 is 0 Å². The standard InChI is InChI=1S/C18H28.C17H26/c1-3-5-6-7-8-9-10-11-12-18-15-13-17(4-2)14-16-18;1-3-5-6-7-8-9-10-11-17-14-12-16(4-2)13-15-17/h4,13-16H,2-3,5-12H2,1H3;4,12-15H,2-3,5-11H2,1H3. The average Bonchev–Trinajstić information content (AvgIpc) is 2.91. The fraction of sp³-hybridized carbons (Fsp3) is 0.543. The van der Waals surface area contributed by atoms with E-state index in [2.05, 4.69) is 75.5 Å². The Hall–Kier alpha value is -2.08. The first kappa shape index (κ1) is 31.0. The Balaban J connectivity index is 0.000000351. The van der Waals surface area contributed by atoms with Gasteiger partial charge in [0, 0.05) is 0 Å². The predicted octanol–water partition coefficient (Wildman–Crippen LogP) is 11.6. The molecule has 0 aliphatic rings. The first-order chi connectivity index (χ1) is 17.2. The molecule has 0 aromatic heterocycles. The van der Waals surface area contributed by atoms with E-state index in [-0.39, 0.29) is 0 Å². The Morgan fingerprint density at radius 3 is 1.00 bits per heavy atom. The molecule has 0 nitrogen and oxygen atoms in total. The molecule has 0 heteroatoms. The molecule has 194 valence electrons. The van der Waals surface area contributed by atoms with Gasteiger partial charge in [0.25, 0.3) is 0 Å². The molecule has 0 aliphatic carbocycles. The molecule has 2 rings (SSSR count). The van der Waals surface area contributed by atoms with Crippen LogP contribution in [0.2, 0.25) is 0 Å². The summed E-state index contributed by atoms with van der Waals surface area (Å²) < 4.78 is 0. The molecule has 0 saturated carbocycles. The second kappa shape index (κ2) is 22.4. The van der Waals surface area contributed by atoms with Gasteiger partial charge in [-0.3, -0.25) is 0 Å². The third-order valence-electron chi connectivity index (χ3n) is 6.82. The fourth-order valence-electron chi connectivity index (χ4n) is 4.39. The number of aryl methyl sites for hydroxylation is 2. The zero-order valence-corrected chi connectivity index (χ0v) is 23.2. The van der Waals surface area contributed by atoms with Crippen molar-refractivity contribution in [1.29, 1.82) is 0 Å². The molecular formula is C35H54. The molecule has 0 N–H and O–H groups in total. The van der Waals surface area contributed by atoms with Gasteiger partial charge in [-0.2, -0.15) is 0 Å². The molecule has 0 amide bonds. The summed E-state index contributed by atoms with van der Waals surface area (Å²) >= 11 is 0. The van der Waals surface area contributed by atoms with Crippen LogP contribution in [0.4, 0.5) is 0 Å². The second-order valence-corrected chi connectivity index (χ2v) is 9.99. The van der Waals surface area contributed by atoms with Crippen molar-refractivity contribution >= 4 is 12.2 Å². The fourth-order valence-corrected chi connectivity index (χ4v) is 4.39. The smallest absolute Gasteiger partial charge is 0.0262 e. The monoisotopic (exact) mass is 474 g/mol. The highest BCUT2D eigenvalue weighted by Crippen LogP contribution is 2.13. The zero-order valence-electron chi connectivity index (χ0n) is 23.2. The number of unbranched alkanes of at least 4 members (excludes halogenated alkanes) is 13. The Labute approximate surface area is 219 Å². The lowest BCUT2D eigenvalue weighted by Gasteiger charge is -2.03. The maximum atomic E-state index is 3.78. The third kappa shape index (κ3) is 17.1. The highest BCUT2D eigenvalue weighted by atomic mass is 14.0. The highest BCUT2D eigenvalue weighted by Gasteiger charge is 1.96. The average molecular weight is 475 g/mol. The van der Waals surface area contributed by atoms with Crippen molar-refractivity contribution in [1.82, 2.24) is 0 Å². The van der Waals surface area contributed by atoms with Crippen LogP contribution in [-0.4, -0.2) is 0 Å². The molecule has 2 aromatic carbocycles. The topological polar surface area (TPSA) is 0 Å². The SMILES string of the molecule is C=Cc1ccc(CCCCCCCCC)cc1.C=Cc1ccc(CCCCCCCCCC)cc1. The maximum Gasteiger partial charge on any atom is -0.0262 e. The van der Waals surface area contributed by atoms with Gasteiger partial charge < -0.3 is 0 Å². The van der Waals surface area contributed by atoms with E-state index in [1.807, 2.05) is 12.2 Å². The van der Waals surface area contributed by atoms with Crippen molar-refractivity contribution in [2.75, 3.05) is 0 Å². The summed E-state index contributed by atoms with van der Waals surface area (Å²) in [5.74, 6) is 0. The number of benzene rings is 2. The van der Waals surface area contributed by atoms with Crippen LogP contribution in [0, 0.1) is 0 Å². The van der Waals surface area contributed by atoms with Gasteiger partial charge in [-0.15, -0.1) is 0 Å². The van der Waals surface area contributed by atoms with Gasteiger partial charge in [-0.1, -0.05) is 171 Å². The Bertz CT molecular complexity index is 735. The van der Waals surface area contributed by atoms with Crippen molar-refractivity contribution in [3.8, 4) is 0 Å². The normalized spacial score (nSPS) is 10.5. The molecule has 0 bridgehead atoms. The zero-order chi connectivity index (χ0) is 25.4. The van der Waals surface area contributed by atoms with E-state index in [1.54, 1.807) is 0 Å². The van der Waals surface area contributed by atoms with Crippen molar-refractivity contribution in [3.05, 3.63) is 83.9 Å². The minimum atomic E-state index is 1.22. The Morgan fingerprint density at radius 1 is 0.429 bits per heavy atom. The number of hydrogen-bond acceptors (Lipinski definition) is 0. The molecule has 0 saturated heterocycles. The molecule has 2 aromatic rings. The molecule has 0 radical (unpaired) electrons. The van der Waals surface area contributed by atoms with Crippen molar-refractivity contribution in [2.24, 2.45) is 0 Å². The molecule has 0 unspecified atom stereocenters. The molecule has 0 fully saturated rings. The summed E-state index contributed by atoms with van der Waals surface area (Å²) in [5.41, 5.74) is 5.36.